The Bertz CT molecular complexity index is 396. The van der Waals surface area contributed by atoms with E-state index < -0.39 is 0 Å². The second-order valence-corrected chi connectivity index (χ2v) is 5.66. The number of nitrogens with one attached hydrogen (secondary N) is 1. The number of piperazine rings is 1. The molecule has 3 nitrogen and oxygen atoms in total. The van der Waals surface area contributed by atoms with Crippen molar-refractivity contribution in [1.29, 1.82) is 0 Å². The van der Waals surface area contributed by atoms with Crippen LogP contribution in [0.4, 0.5) is 4.39 Å². The van der Waals surface area contributed by atoms with E-state index >= 15 is 0 Å². The maximum atomic E-state index is 14.1. The van der Waals surface area contributed by atoms with Gasteiger partial charge >= 0.3 is 0 Å². The normalized spacial score (nSPS) is 17.6. The lowest BCUT2D eigenvalue weighted by Crippen LogP contribution is -2.45. The summed E-state index contributed by atoms with van der Waals surface area (Å²) in [5.41, 5.74) is 0.720. The van der Waals surface area contributed by atoms with Crippen molar-refractivity contribution in [2.75, 3.05) is 32.8 Å². The minimum atomic E-state index is -0.171. The SMILES string of the molecule is Cl.OCCC[C@@H](c1c(F)cccc1Br)N1CCNCC1. The zero-order valence-electron chi connectivity index (χ0n) is 11.3. The number of halogens is 3. The molecule has 1 fully saturated rings. The molecule has 0 unspecified atom stereocenters. The van der Waals surface area contributed by atoms with Gasteiger partial charge in [-0.2, -0.15) is 0 Å². The van der Waals surface area contributed by atoms with Crippen molar-refractivity contribution in [2.24, 2.45) is 0 Å². The van der Waals surface area contributed by atoms with Gasteiger partial charge in [0.15, 0.2) is 0 Å². The number of benzene rings is 1. The molecular formula is C14H21BrClFN2O. The summed E-state index contributed by atoms with van der Waals surface area (Å²) in [5.74, 6) is -0.171. The molecule has 1 aromatic carbocycles. The molecule has 0 aliphatic carbocycles. The molecule has 0 radical (unpaired) electrons. The Hall–Kier alpha value is -0.200. The van der Waals surface area contributed by atoms with Gasteiger partial charge in [0, 0.05) is 48.9 Å². The van der Waals surface area contributed by atoms with Crippen LogP contribution in [0.2, 0.25) is 0 Å². The van der Waals surface area contributed by atoms with Crippen LogP contribution in [-0.2, 0) is 0 Å². The van der Waals surface area contributed by atoms with E-state index in [1.54, 1.807) is 6.07 Å². The number of nitrogens with zero attached hydrogens (tertiary/aromatic N) is 1. The van der Waals surface area contributed by atoms with Crippen molar-refractivity contribution in [2.45, 2.75) is 18.9 Å². The highest BCUT2D eigenvalue weighted by Crippen LogP contribution is 2.33. The van der Waals surface area contributed by atoms with E-state index in [1.807, 2.05) is 6.07 Å². The van der Waals surface area contributed by atoms with Gasteiger partial charge in [-0.25, -0.2) is 4.39 Å². The molecule has 1 saturated heterocycles. The molecule has 1 aliphatic heterocycles. The molecule has 0 amide bonds. The van der Waals surface area contributed by atoms with Gasteiger partial charge in [-0.15, -0.1) is 12.4 Å². The molecule has 1 atom stereocenters. The average Bonchev–Trinajstić information content (AvgIpc) is 2.43. The third-order valence-electron chi connectivity index (χ3n) is 3.56. The van der Waals surface area contributed by atoms with E-state index in [-0.39, 0.29) is 30.9 Å². The fourth-order valence-electron chi connectivity index (χ4n) is 2.62. The van der Waals surface area contributed by atoms with E-state index in [9.17, 15) is 4.39 Å². The molecule has 2 rings (SSSR count). The van der Waals surface area contributed by atoms with Crippen LogP contribution in [0.25, 0.3) is 0 Å². The predicted octanol–water partition coefficient (Wildman–Crippen LogP) is 2.73. The van der Waals surface area contributed by atoms with Gasteiger partial charge in [-0.3, -0.25) is 4.90 Å². The summed E-state index contributed by atoms with van der Waals surface area (Å²) in [5, 5.41) is 12.4. The summed E-state index contributed by atoms with van der Waals surface area (Å²) in [6.45, 7) is 3.84. The highest BCUT2D eigenvalue weighted by molar-refractivity contribution is 9.10. The summed E-state index contributed by atoms with van der Waals surface area (Å²) >= 11 is 3.46. The highest BCUT2D eigenvalue weighted by Gasteiger charge is 2.25. The van der Waals surface area contributed by atoms with Crippen LogP contribution >= 0.6 is 28.3 Å². The lowest BCUT2D eigenvalue weighted by atomic mass is 9.99. The predicted molar refractivity (Wildman–Crippen MR) is 84.9 cm³/mol. The van der Waals surface area contributed by atoms with E-state index in [0.717, 1.165) is 42.6 Å². The molecule has 114 valence electrons. The van der Waals surface area contributed by atoms with Gasteiger partial charge in [-0.1, -0.05) is 22.0 Å². The van der Waals surface area contributed by atoms with Gasteiger partial charge < -0.3 is 10.4 Å². The van der Waals surface area contributed by atoms with E-state index in [0.29, 0.717) is 6.42 Å². The van der Waals surface area contributed by atoms with Crippen LogP contribution in [0, 0.1) is 5.82 Å². The van der Waals surface area contributed by atoms with Crippen LogP contribution < -0.4 is 5.32 Å². The van der Waals surface area contributed by atoms with Crippen molar-refractivity contribution < 1.29 is 9.50 Å². The third-order valence-corrected chi connectivity index (χ3v) is 4.25. The first kappa shape index (κ1) is 17.9. The van der Waals surface area contributed by atoms with Gasteiger partial charge in [0.2, 0.25) is 0 Å². The van der Waals surface area contributed by atoms with Crippen LogP contribution in [-0.4, -0.2) is 42.8 Å². The average molecular weight is 368 g/mol. The Kier molecular flexibility index (Phi) is 7.99. The standard InChI is InChI=1S/C14H20BrFN2O.ClH/c15-11-3-1-4-12(16)14(11)13(5-2-10-19)18-8-6-17-7-9-18;/h1,3-4,13,17,19H,2,5-10H2;1H/t13-;/m0./s1. The molecule has 20 heavy (non-hydrogen) atoms. The van der Waals surface area contributed by atoms with Crippen molar-refractivity contribution >= 4 is 28.3 Å². The Morgan fingerprint density at radius 3 is 2.65 bits per heavy atom. The summed E-state index contributed by atoms with van der Waals surface area (Å²) in [6, 6.07) is 5.13. The molecule has 1 aromatic rings. The molecular weight excluding hydrogens is 347 g/mol. The first-order valence-electron chi connectivity index (χ1n) is 6.73. The van der Waals surface area contributed by atoms with Crippen molar-refractivity contribution in [3.8, 4) is 0 Å². The van der Waals surface area contributed by atoms with Crippen LogP contribution in [0.1, 0.15) is 24.4 Å². The second-order valence-electron chi connectivity index (χ2n) is 4.80. The summed E-state index contributed by atoms with van der Waals surface area (Å²) in [6.07, 6.45) is 1.46. The minimum absolute atomic E-state index is 0. The summed E-state index contributed by atoms with van der Waals surface area (Å²) in [4.78, 5) is 2.30. The maximum absolute atomic E-state index is 14.1. The number of aliphatic hydroxyl groups is 1. The second kappa shape index (κ2) is 8.95. The number of hydrogen-bond donors (Lipinski definition) is 2. The van der Waals surface area contributed by atoms with Crippen molar-refractivity contribution in [1.82, 2.24) is 10.2 Å². The Morgan fingerprint density at radius 2 is 2.05 bits per heavy atom. The fraction of sp³-hybridized carbons (Fsp3) is 0.571. The van der Waals surface area contributed by atoms with Crippen LogP contribution in [0.5, 0.6) is 0 Å². The van der Waals surface area contributed by atoms with Crippen molar-refractivity contribution in [3.05, 3.63) is 34.1 Å². The quantitative estimate of drug-likeness (QED) is 0.840. The zero-order valence-corrected chi connectivity index (χ0v) is 13.7. The lowest BCUT2D eigenvalue weighted by Gasteiger charge is -2.35. The van der Waals surface area contributed by atoms with E-state index in [2.05, 4.69) is 26.1 Å². The monoisotopic (exact) mass is 366 g/mol. The van der Waals surface area contributed by atoms with Gasteiger partial charge in [0.05, 0.1) is 0 Å². The van der Waals surface area contributed by atoms with Crippen LogP contribution in [0.15, 0.2) is 22.7 Å². The largest absolute Gasteiger partial charge is 0.396 e. The summed E-state index contributed by atoms with van der Waals surface area (Å²) < 4.78 is 15.0. The highest BCUT2D eigenvalue weighted by atomic mass is 79.9. The maximum Gasteiger partial charge on any atom is 0.129 e. The number of aliphatic hydroxyl groups excluding tert-OH is 1. The molecule has 1 heterocycles. The zero-order chi connectivity index (χ0) is 13.7. The first-order valence-corrected chi connectivity index (χ1v) is 7.53. The fourth-order valence-corrected chi connectivity index (χ4v) is 3.22. The Labute approximate surface area is 134 Å². The molecule has 2 N–H and O–H groups in total. The molecule has 6 heteroatoms. The topological polar surface area (TPSA) is 35.5 Å². The summed E-state index contributed by atoms with van der Waals surface area (Å²) in [7, 11) is 0. The van der Waals surface area contributed by atoms with Gasteiger partial charge in [0.25, 0.3) is 0 Å². The van der Waals surface area contributed by atoms with Gasteiger partial charge in [0.1, 0.15) is 5.82 Å². The molecule has 1 aliphatic rings. The van der Waals surface area contributed by atoms with Gasteiger partial charge in [-0.05, 0) is 25.0 Å². The van der Waals surface area contributed by atoms with E-state index in [1.165, 1.54) is 6.07 Å². The molecule has 0 spiro atoms. The minimum Gasteiger partial charge on any atom is -0.396 e. The molecule has 0 bridgehead atoms. The van der Waals surface area contributed by atoms with Crippen molar-refractivity contribution in [3.63, 3.8) is 0 Å². The van der Waals surface area contributed by atoms with E-state index in [4.69, 9.17) is 5.11 Å². The number of rotatable bonds is 5. The lowest BCUT2D eigenvalue weighted by molar-refractivity contribution is 0.151. The third kappa shape index (κ3) is 4.40. The van der Waals surface area contributed by atoms with Crippen LogP contribution in [0.3, 0.4) is 0 Å². The number of hydrogen-bond acceptors (Lipinski definition) is 3. The Balaban J connectivity index is 0.00000200. The molecule has 0 aromatic heterocycles. The first-order chi connectivity index (χ1) is 9.24. The molecule has 0 saturated carbocycles. The smallest absolute Gasteiger partial charge is 0.129 e. The Morgan fingerprint density at radius 1 is 1.35 bits per heavy atom.